The lowest BCUT2D eigenvalue weighted by Crippen LogP contribution is -3.59. The minimum atomic E-state index is -6.09. The zero-order valence-electron chi connectivity index (χ0n) is 8.11. The van der Waals surface area contributed by atoms with Crippen molar-refractivity contribution in [2.24, 2.45) is 0 Å². The second-order valence-electron chi connectivity index (χ2n) is 2.40. The molecule has 0 radical (unpaired) electrons. The van der Waals surface area contributed by atoms with Crippen molar-refractivity contribution in [3.05, 3.63) is 33.9 Å². The van der Waals surface area contributed by atoms with Crippen LogP contribution in [0.4, 0.5) is 13.2 Å². The topological polar surface area (TPSA) is 57.2 Å². The molecular weight excluding hydrogens is 372 g/mol. The third-order valence-corrected chi connectivity index (χ3v) is 3.40. The highest BCUT2D eigenvalue weighted by Crippen LogP contribution is 2.20. The molecule has 1 rings (SSSR count). The average molecular weight is 378 g/mol. The normalized spacial score (nSPS) is 11.0. The van der Waals surface area contributed by atoms with Gasteiger partial charge in [0.1, 0.15) is 0 Å². The fraction of sp³-hybridized carbons (Fsp3) is 0.111. The summed E-state index contributed by atoms with van der Waals surface area (Å²) in [6.45, 7) is 0. The summed E-state index contributed by atoms with van der Waals surface area (Å²) in [5, 5.41) is 0. The van der Waals surface area contributed by atoms with Gasteiger partial charge in [-0.2, -0.15) is 13.2 Å². The molecule has 0 aliphatic rings. The lowest BCUT2D eigenvalue weighted by Gasteiger charge is -2.08. The fourth-order valence-electron chi connectivity index (χ4n) is 0.541. The highest BCUT2D eigenvalue weighted by Gasteiger charge is 2.36. The quantitative estimate of drug-likeness (QED) is 0.261. The molecule has 0 aliphatic carbocycles. The van der Waals surface area contributed by atoms with E-state index in [4.69, 9.17) is 19.4 Å². The minimum Gasteiger partial charge on any atom is -0.741 e. The predicted molar refractivity (Wildman–Crippen MR) is 49.7 cm³/mol. The second kappa shape index (κ2) is 6.83. The molecule has 0 amide bonds. The van der Waals surface area contributed by atoms with Gasteiger partial charge in [0.05, 0.1) is 0 Å². The van der Waals surface area contributed by atoms with Gasteiger partial charge in [-0.15, -0.1) is 0 Å². The Morgan fingerprint density at radius 2 is 1.65 bits per heavy atom. The Morgan fingerprint density at radius 3 is 1.94 bits per heavy atom. The Labute approximate surface area is 107 Å². The first-order valence-electron chi connectivity index (χ1n) is 3.85. The smallest absolute Gasteiger partial charge is 0.485 e. The number of hydrogen-bond acceptors (Lipinski definition) is 3. The summed E-state index contributed by atoms with van der Waals surface area (Å²) in [6, 6.07) is 10.2. The molecule has 0 atom stereocenters. The SMILES string of the molecule is C#C[I+]c1ccccc1.O=S(=O)([O-])C(F)(F)F. The number of terminal acetylenes is 1. The number of halogens is 4. The van der Waals surface area contributed by atoms with E-state index in [2.05, 4.69) is 16.1 Å². The fourth-order valence-corrected chi connectivity index (χ4v) is 1.68. The Bertz CT molecular complexity index is 476. The van der Waals surface area contributed by atoms with Gasteiger partial charge in [-0.3, -0.25) is 0 Å². The van der Waals surface area contributed by atoms with Gasteiger partial charge in [-0.25, -0.2) is 8.42 Å². The van der Waals surface area contributed by atoms with Gasteiger partial charge in [0.15, 0.2) is 14.0 Å². The van der Waals surface area contributed by atoms with Gasteiger partial charge in [0, 0.05) is 0 Å². The van der Waals surface area contributed by atoms with E-state index in [9.17, 15) is 13.2 Å². The third kappa shape index (κ3) is 7.19. The maximum Gasteiger partial charge on any atom is 0.485 e. The van der Waals surface area contributed by atoms with Crippen molar-refractivity contribution in [1.29, 1.82) is 0 Å². The van der Waals surface area contributed by atoms with Gasteiger partial charge in [-0.05, 0) is 12.1 Å². The first-order valence-corrected chi connectivity index (χ1v) is 7.41. The van der Waals surface area contributed by atoms with E-state index < -0.39 is 15.6 Å². The zero-order valence-corrected chi connectivity index (χ0v) is 11.1. The van der Waals surface area contributed by atoms with Crippen LogP contribution in [0.1, 0.15) is 0 Å². The first-order chi connectivity index (χ1) is 7.68. The van der Waals surface area contributed by atoms with Crippen molar-refractivity contribution in [1.82, 2.24) is 0 Å². The van der Waals surface area contributed by atoms with Crippen LogP contribution in [0.2, 0.25) is 0 Å². The molecule has 94 valence electrons. The molecular formula is C9H6F3IO3S. The summed E-state index contributed by atoms with van der Waals surface area (Å²) in [7, 11) is -6.09. The molecule has 0 heterocycles. The van der Waals surface area contributed by atoms with Gasteiger partial charge in [0.25, 0.3) is 0 Å². The molecule has 3 nitrogen and oxygen atoms in total. The van der Waals surface area contributed by atoms with Crippen LogP contribution in [0, 0.1) is 13.9 Å². The molecule has 8 heteroatoms. The van der Waals surface area contributed by atoms with Crippen molar-refractivity contribution in [3.8, 4) is 10.4 Å². The molecule has 0 fully saturated rings. The third-order valence-electron chi connectivity index (χ3n) is 1.18. The Kier molecular flexibility index (Phi) is 6.51. The van der Waals surface area contributed by atoms with Crippen molar-refractivity contribution < 1.29 is 47.3 Å². The summed E-state index contributed by atoms with van der Waals surface area (Å²) in [5.74, 6) is 0. The lowest BCUT2D eigenvalue weighted by atomic mass is 10.4. The molecule has 0 saturated heterocycles. The Balaban J connectivity index is 0.000000304. The number of rotatable bonds is 1. The van der Waals surface area contributed by atoms with Gasteiger partial charge in [-0.1, -0.05) is 24.6 Å². The highest BCUT2D eigenvalue weighted by atomic mass is 127. The van der Waals surface area contributed by atoms with Crippen LogP contribution in [0.15, 0.2) is 30.3 Å². The van der Waals surface area contributed by atoms with Crippen LogP contribution in [0.25, 0.3) is 0 Å². The number of benzene rings is 1. The van der Waals surface area contributed by atoms with Crippen molar-refractivity contribution in [3.63, 3.8) is 0 Å². The Hall–Kier alpha value is -0.790. The van der Waals surface area contributed by atoms with Crippen LogP contribution >= 0.6 is 0 Å². The summed E-state index contributed by atoms with van der Waals surface area (Å²) in [4.78, 5) is 0. The average Bonchev–Trinajstić information content (AvgIpc) is 2.17. The molecule has 0 unspecified atom stereocenters. The van der Waals surface area contributed by atoms with E-state index in [1.807, 2.05) is 18.2 Å². The molecule has 0 bridgehead atoms. The van der Waals surface area contributed by atoms with Crippen LogP contribution in [-0.2, 0) is 10.1 Å². The van der Waals surface area contributed by atoms with Crippen molar-refractivity contribution in [2.45, 2.75) is 5.51 Å². The standard InChI is InChI=1S/C8H6I.CHF3O3S/c1-2-9-8-6-4-3-5-7-8;2-1(3,4)8(5,6)7/h1,3-7H;(H,5,6,7)/q+1;/p-1. The van der Waals surface area contributed by atoms with E-state index in [1.54, 1.807) is 0 Å². The minimum absolute atomic E-state index is 0.142. The van der Waals surface area contributed by atoms with Crippen molar-refractivity contribution >= 4 is 10.1 Å². The highest BCUT2D eigenvalue weighted by molar-refractivity contribution is 7.86. The van der Waals surface area contributed by atoms with E-state index in [0.717, 1.165) is 0 Å². The van der Waals surface area contributed by atoms with Crippen LogP contribution in [0.3, 0.4) is 0 Å². The molecule has 0 N–H and O–H groups in total. The predicted octanol–water partition coefficient (Wildman–Crippen LogP) is -1.41. The molecule has 0 saturated carbocycles. The van der Waals surface area contributed by atoms with Crippen molar-refractivity contribution in [2.75, 3.05) is 0 Å². The number of hydrogen-bond donors (Lipinski definition) is 0. The summed E-state index contributed by atoms with van der Waals surface area (Å²) >= 11 is -0.142. The van der Waals surface area contributed by atoms with Gasteiger partial charge >= 0.3 is 26.7 Å². The molecule has 1 aromatic rings. The first kappa shape index (κ1) is 16.2. The molecule has 1 aromatic carbocycles. The van der Waals surface area contributed by atoms with Crippen LogP contribution < -0.4 is 21.2 Å². The van der Waals surface area contributed by atoms with E-state index in [-0.39, 0.29) is 21.2 Å². The molecule has 17 heavy (non-hydrogen) atoms. The van der Waals surface area contributed by atoms with E-state index in [0.29, 0.717) is 0 Å². The lowest BCUT2D eigenvalue weighted by molar-refractivity contribution is -0.535. The van der Waals surface area contributed by atoms with E-state index >= 15 is 0 Å². The molecule has 0 aliphatic heterocycles. The van der Waals surface area contributed by atoms with Gasteiger partial charge in [0.2, 0.25) is 3.57 Å². The Morgan fingerprint density at radius 1 is 1.24 bits per heavy atom. The summed E-state index contributed by atoms with van der Waals surface area (Å²) < 4.78 is 62.9. The monoisotopic (exact) mass is 378 g/mol. The molecule has 0 aromatic heterocycles. The summed E-state index contributed by atoms with van der Waals surface area (Å²) in [5.41, 5.74) is -5.65. The van der Waals surface area contributed by atoms with Gasteiger partial charge < -0.3 is 4.55 Å². The zero-order chi connectivity index (χ0) is 13.5. The molecule has 0 spiro atoms. The number of alkyl halides is 3. The second-order valence-corrected chi connectivity index (χ2v) is 6.18. The largest absolute Gasteiger partial charge is 0.741 e. The van der Waals surface area contributed by atoms with Crippen LogP contribution in [-0.4, -0.2) is 18.5 Å². The van der Waals surface area contributed by atoms with E-state index in [1.165, 1.54) is 3.57 Å². The van der Waals surface area contributed by atoms with Crippen LogP contribution in [0.5, 0.6) is 0 Å². The maximum absolute atomic E-state index is 10.7. The maximum atomic E-state index is 10.7. The summed E-state index contributed by atoms with van der Waals surface area (Å²) in [6.07, 6.45) is 5.16.